The Balaban J connectivity index is 3.30. The number of carbonyl (C=O) groups is 1. The normalized spacial score (nSPS) is 9.27. The molecule has 64 valence electrons. The van der Waals surface area contributed by atoms with E-state index in [1.807, 2.05) is 6.92 Å². The van der Waals surface area contributed by atoms with Crippen LogP contribution in [-0.4, -0.2) is 25.5 Å². The molecule has 0 heterocycles. The third kappa shape index (κ3) is 7.36. The van der Waals surface area contributed by atoms with Crippen LogP contribution in [0.25, 0.3) is 0 Å². The molecule has 4 heteroatoms. The molecule has 0 atom stereocenters. The monoisotopic (exact) mass is 176 g/mol. The molecular formula is C7H13ClN2O. The molecule has 1 amide bonds. The maximum atomic E-state index is 10.8. The maximum Gasteiger partial charge on any atom is 0.234 e. The van der Waals surface area contributed by atoms with E-state index in [2.05, 4.69) is 17.2 Å². The van der Waals surface area contributed by atoms with E-state index in [1.54, 1.807) is 0 Å². The summed E-state index contributed by atoms with van der Waals surface area (Å²) in [5, 5.41) is 5.91. The molecule has 0 rings (SSSR count). The van der Waals surface area contributed by atoms with Crippen LogP contribution in [0.15, 0.2) is 11.6 Å². The van der Waals surface area contributed by atoms with Crippen LogP contribution in [0.2, 0.25) is 0 Å². The first-order valence-electron chi connectivity index (χ1n) is 3.47. The lowest BCUT2D eigenvalue weighted by Gasteiger charge is -2.02. The Labute approximate surface area is 71.8 Å². The van der Waals surface area contributed by atoms with Gasteiger partial charge in [-0.1, -0.05) is 25.1 Å². The van der Waals surface area contributed by atoms with Gasteiger partial charge in [0.2, 0.25) is 5.91 Å². The van der Waals surface area contributed by atoms with Crippen LogP contribution < -0.4 is 10.6 Å². The molecule has 0 radical (unpaired) electrons. The molecule has 0 saturated carbocycles. The van der Waals surface area contributed by atoms with Crippen LogP contribution in [0.1, 0.15) is 6.92 Å². The van der Waals surface area contributed by atoms with Gasteiger partial charge in [0.25, 0.3) is 0 Å². The molecule has 0 aromatic rings. The SMILES string of the molecule is C=C(Cl)CNC(=O)CNCC. The van der Waals surface area contributed by atoms with Gasteiger partial charge in [-0.3, -0.25) is 4.79 Å². The predicted molar refractivity (Wildman–Crippen MR) is 46.5 cm³/mol. The molecule has 0 unspecified atom stereocenters. The molecule has 0 bridgehead atoms. The number of carbonyl (C=O) groups excluding carboxylic acids is 1. The Hall–Kier alpha value is -0.540. The Bertz CT molecular complexity index is 147. The van der Waals surface area contributed by atoms with Crippen LogP contribution in [-0.2, 0) is 4.79 Å². The van der Waals surface area contributed by atoms with E-state index in [1.165, 1.54) is 0 Å². The lowest BCUT2D eigenvalue weighted by Crippen LogP contribution is -2.34. The molecule has 0 saturated heterocycles. The van der Waals surface area contributed by atoms with Crippen LogP contribution in [0.5, 0.6) is 0 Å². The van der Waals surface area contributed by atoms with Crippen LogP contribution in [0.4, 0.5) is 0 Å². The van der Waals surface area contributed by atoms with Gasteiger partial charge in [-0.15, -0.1) is 0 Å². The molecule has 0 fully saturated rings. The van der Waals surface area contributed by atoms with Crippen molar-refractivity contribution in [1.29, 1.82) is 0 Å². The van der Waals surface area contributed by atoms with Gasteiger partial charge < -0.3 is 10.6 Å². The zero-order valence-electron chi connectivity index (χ0n) is 6.61. The van der Waals surface area contributed by atoms with Crippen molar-refractivity contribution in [2.45, 2.75) is 6.92 Å². The van der Waals surface area contributed by atoms with E-state index in [0.717, 1.165) is 6.54 Å². The van der Waals surface area contributed by atoms with Gasteiger partial charge in [-0.25, -0.2) is 0 Å². The van der Waals surface area contributed by atoms with Crippen LogP contribution in [0, 0.1) is 0 Å². The number of amides is 1. The summed E-state index contributed by atoms with van der Waals surface area (Å²) in [5.74, 6) is -0.0614. The van der Waals surface area contributed by atoms with Crippen LogP contribution >= 0.6 is 11.6 Å². The van der Waals surface area contributed by atoms with Gasteiger partial charge in [0.1, 0.15) is 0 Å². The summed E-state index contributed by atoms with van der Waals surface area (Å²) in [6, 6.07) is 0. The number of likely N-dealkylation sites (N-methyl/N-ethyl adjacent to an activating group) is 1. The molecule has 2 N–H and O–H groups in total. The standard InChI is InChI=1S/C7H13ClN2O/c1-3-9-5-7(11)10-4-6(2)8/h9H,2-5H2,1H3,(H,10,11). The second-order valence-corrected chi connectivity index (χ2v) is 2.61. The summed E-state index contributed by atoms with van der Waals surface area (Å²) in [6.45, 7) is 6.84. The summed E-state index contributed by atoms with van der Waals surface area (Å²) in [7, 11) is 0. The first-order chi connectivity index (χ1) is 5.16. The van der Waals surface area contributed by atoms with Gasteiger partial charge in [-0.2, -0.15) is 0 Å². The van der Waals surface area contributed by atoms with Crippen molar-refractivity contribution in [1.82, 2.24) is 10.6 Å². The smallest absolute Gasteiger partial charge is 0.234 e. The second kappa shape index (κ2) is 6.19. The zero-order valence-corrected chi connectivity index (χ0v) is 7.37. The van der Waals surface area contributed by atoms with Gasteiger partial charge in [0.15, 0.2) is 0 Å². The first kappa shape index (κ1) is 10.5. The van der Waals surface area contributed by atoms with E-state index in [4.69, 9.17) is 11.6 Å². The van der Waals surface area contributed by atoms with E-state index in [9.17, 15) is 4.79 Å². The maximum absolute atomic E-state index is 10.8. The summed E-state index contributed by atoms with van der Waals surface area (Å²) in [6.07, 6.45) is 0. The quantitative estimate of drug-likeness (QED) is 0.639. The largest absolute Gasteiger partial charge is 0.350 e. The minimum absolute atomic E-state index is 0.0614. The van der Waals surface area contributed by atoms with Crippen molar-refractivity contribution < 1.29 is 4.79 Å². The van der Waals surface area contributed by atoms with E-state index >= 15 is 0 Å². The van der Waals surface area contributed by atoms with Gasteiger partial charge in [0.05, 0.1) is 13.1 Å². The van der Waals surface area contributed by atoms with E-state index in [0.29, 0.717) is 18.1 Å². The zero-order chi connectivity index (χ0) is 8.69. The first-order valence-corrected chi connectivity index (χ1v) is 3.85. The fraction of sp³-hybridized carbons (Fsp3) is 0.571. The van der Waals surface area contributed by atoms with E-state index in [-0.39, 0.29) is 5.91 Å². The molecule has 0 aliphatic carbocycles. The third-order valence-electron chi connectivity index (χ3n) is 1.01. The highest BCUT2D eigenvalue weighted by Crippen LogP contribution is 1.91. The lowest BCUT2D eigenvalue weighted by molar-refractivity contribution is -0.120. The van der Waals surface area contributed by atoms with Crippen molar-refractivity contribution in [2.24, 2.45) is 0 Å². The average Bonchev–Trinajstić information content (AvgIpc) is 1.97. The summed E-state index contributed by atoms with van der Waals surface area (Å²) in [4.78, 5) is 10.8. The topological polar surface area (TPSA) is 41.1 Å². The number of nitrogens with one attached hydrogen (secondary N) is 2. The summed E-state index contributed by atoms with van der Waals surface area (Å²) < 4.78 is 0. The molecule has 3 nitrogen and oxygen atoms in total. The second-order valence-electron chi connectivity index (χ2n) is 2.07. The number of halogens is 1. The fourth-order valence-corrected chi connectivity index (χ4v) is 0.562. The van der Waals surface area contributed by atoms with Crippen molar-refractivity contribution >= 4 is 17.5 Å². The predicted octanol–water partition coefficient (Wildman–Crippen LogP) is 0.465. The molecule has 0 aliphatic heterocycles. The number of rotatable bonds is 5. The van der Waals surface area contributed by atoms with Crippen molar-refractivity contribution in [3.05, 3.63) is 11.6 Å². The van der Waals surface area contributed by atoms with E-state index < -0.39 is 0 Å². The molecule has 0 aliphatic rings. The van der Waals surface area contributed by atoms with Gasteiger partial charge in [-0.05, 0) is 6.54 Å². The molecule has 11 heavy (non-hydrogen) atoms. The Morgan fingerprint density at radius 2 is 2.18 bits per heavy atom. The fourth-order valence-electron chi connectivity index (χ4n) is 0.496. The Kier molecular flexibility index (Phi) is 5.88. The molecular weight excluding hydrogens is 164 g/mol. The molecule has 0 spiro atoms. The Morgan fingerprint density at radius 3 is 2.64 bits per heavy atom. The van der Waals surface area contributed by atoms with Crippen LogP contribution in [0.3, 0.4) is 0 Å². The van der Waals surface area contributed by atoms with Crippen molar-refractivity contribution in [3.63, 3.8) is 0 Å². The van der Waals surface area contributed by atoms with Crippen molar-refractivity contribution in [3.8, 4) is 0 Å². The highest BCUT2D eigenvalue weighted by Gasteiger charge is 1.97. The summed E-state index contributed by atoms with van der Waals surface area (Å²) >= 11 is 5.43. The molecule has 0 aromatic heterocycles. The highest BCUT2D eigenvalue weighted by atomic mass is 35.5. The number of hydrogen-bond acceptors (Lipinski definition) is 2. The highest BCUT2D eigenvalue weighted by molar-refractivity contribution is 6.29. The van der Waals surface area contributed by atoms with Crippen molar-refractivity contribution in [2.75, 3.05) is 19.6 Å². The average molecular weight is 177 g/mol. The Morgan fingerprint density at radius 1 is 1.55 bits per heavy atom. The van der Waals surface area contributed by atoms with Gasteiger partial charge >= 0.3 is 0 Å². The third-order valence-corrected chi connectivity index (χ3v) is 1.15. The minimum atomic E-state index is -0.0614. The van der Waals surface area contributed by atoms with Gasteiger partial charge in [0, 0.05) is 5.03 Å². The molecule has 0 aromatic carbocycles. The number of hydrogen-bond donors (Lipinski definition) is 2. The minimum Gasteiger partial charge on any atom is -0.350 e. The lowest BCUT2D eigenvalue weighted by atomic mass is 10.5. The summed E-state index contributed by atoms with van der Waals surface area (Å²) in [5.41, 5.74) is 0.